The number of nitriles is 1. The highest BCUT2D eigenvalue weighted by molar-refractivity contribution is 9.10. The number of rotatable bonds is 4. The number of aromatic hydroxyl groups is 1. The quantitative estimate of drug-likeness (QED) is 0.650. The van der Waals surface area contributed by atoms with E-state index in [-0.39, 0.29) is 5.75 Å². The molecule has 0 aliphatic rings. The number of phenolic OH excluding ortho intramolecular Hbond substituents is 1. The Morgan fingerprint density at radius 3 is 2.92 bits per heavy atom. The number of phenols is 1. The smallest absolute Gasteiger partial charge is 0.172 e. The number of halogens is 1. The van der Waals surface area contributed by atoms with Crippen molar-refractivity contribution in [1.82, 2.24) is 9.97 Å². The molecule has 1 heterocycles. The van der Waals surface area contributed by atoms with Crippen LogP contribution in [-0.4, -0.2) is 21.7 Å². The summed E-state index contributed by atoms with van der Waals surface area (Å²) in [5.74, 6) is 0.900. The van der Waals surface area contributed by atoms with Gasteiger partial charge in [0.2, 0.25) is 0 Å². The minimum atomic E-state index is 0.0382. The summed E-state index contributed by atoms with van der Waals surface area (Å²) in [5, 5.41) is 19.5. The first-order valence-corrected chi connectivity index (χ1v) is 8.14. The van der Waals surface area contributed by atoms with Gasteiger partial charge in [-0.05, 0) is 58.8 Å². The summed E-state index contributed by atoms with van der Waals surface area (Å²) in [6.07, 6.45) is 1.70. The topological polar surface area (TPSA) is 81.9 Å². The molecule has 2 N–H and O–H groups in total. The molecule has 0 spiro atoms. The van der Waals surface area contributed by atoms with E-state index in [4.69, 9.17) is 4.74 Å². The van der Waals surface area contributed by atoms with Gasteiger partial charge < -0.3 is 14.8 Å². The summed E-state index contributed by atoms with van der Waals surface area (Å²) in [4.78, 5) is 7.58. The zero-order valence-electron chi connectivity index (χ0n) is 12.9. The standard InChI is InChI=1S/C18H14BrN3O2/c1-2-24-16-9-11(8-13(19)17(16)23)7-12(10-20)18-21-14-5-3-4-6-15(14)22-18/h3-9,23H,2H2,1H3,(H,21,22)/b12-7-. The fraction of sp³-hybridized carbons (Fsp3) is 0.111. The van der Waals surface area contributed by atoms with Crippen LogP contribution in [-0.2, 0) is 0 Å². The summed E-state index contributed by atoms with van der Waals surface area (Å²) in [6, 6.07) is 13.2. The second-order valence-corrected chi connectivity index (χ2v) is 5.91. The van der Waals surface area contributed by atoms with Gasteiger partial charge in [0.25, 0.3) is 0 Å². The van der Waals surface area contributed by atoms with Gasteiger partial charge in [0.15, 0.2) is 11.5 Å². The van der Waals surface area contributed by atoms with Crippen molar-refractivity contribution in [3.05, 3.63) is 52.3 Å². The summed E-state index contributed by atoms with van der Waals surface area (Å²) in [7, 11) is 0. The summed E-state index contributed by atoms with van der Waals surface area (Å²) in [5.41, 5.74) is 2.79. The third-order valence-electron chi connectivity index (χ3n) is 3.43. The first kappa shape index (κ1) is 16.1. The van der Waals surface area contributed by atoms with Gasteiger partial charge in [0.05, 0.1) is 27.7 Å². The molecule has 0 saturated carbocycles. The predicted molar refractivity (Wildman–Crippen MR) is 96.6 cm³/mol. The van der Waals surface area contributed by atoms with Gasteiger partial charge in [-0.15, -0.1) is 0 Å². The summed E-state index contributed by atoms with van der Waals surface area (Å²) in [6.45, 7) is 2.27. The van der Waals surface area contributed by atoms with Gasteiger partial charge in [0, 0.05) is 0 Å². The molecule has 1 aromatic heterocycles. The number of ether oxygens (including phenoxy) is 1. The third-order valence-corrected chi connectivity index (χ3v) is 4.03. The number of benzene rings is 2. The number of nitrogens with one attached hydrogen (secondary N) is 1. The lowest BCUT2D eigenvalue weighted by molar-refractivity contribution is 0.317. The Labute approximate surface area is 147 Å². The van der Waals surface area contributed by atoms with Crippen molar-refractivity contribution in [2.24, 2.45) is 0 Å². The lowest BCUT2D eigenvalue weighted by Gasteiger charge is -2.08. The van der Waals surface area contributed by atoms with E-state index < -0.39 is 0 Å². The molecule has 0 aliphatic carbocycles. The number of para-hydroxylation sites is 2. The van der Waals surface area contributed by atoms with Crippen LogP contribution in [0.2, 0.25) is 0 Å². The van der Waals surface area contributed by atoms with Crippen molar-refractivity contribution in [3.63, 3.8) is 0 Å². The van der Waals surface area contributed by atoms with Crippen LogP contribution >= 0.6 is 15.9 Å². The van der Waals surface area contributed by atoms with Crippen LogP contribution in [0, 0.1) is 11.3 Å². The van der Waals surface area contributed by atoms with E-state index in [0.29, 0.717) is 28.2 Å². The van der Waals surface area contributed by atoms with Crippen LogP contribution in [0.1, 0.15) is 18.3 Å². The van der Waals surface area contributed by atoms with Crippen molar-refractivity contribution in [3.8, 4) is 17.6 Å². The molecule has 6 heteroatoms. The Kier molecular flexibility index (Phi) is 4.54. The molecule has 0 bridgehead atoms. The molecule has 0 radical (unpaired) electrons. The van der Waals surface area contributed by atoms with Gasteiger partial charge in [-0.25, -0.2) is 4.98 Å². The normalized spacial score (nSPS) is 11.5. The van der Waals surface area contributed by atoms with E-state index in [9.17, 15) is 10.4 Å². The van der Waals surface area contributed by atoms with Crippen LogP contribution in [0.4, 0.5) is 0 Å². The maximum Gasteiger partial charge on any atom is 0.172 e. The first-order valence-electron chi connectivity index (χ1n) is 7.34. The van der Waals surface area contributed by atoms with E-state index in [2.05, 4.69) is 32.0 Å². The van der Waals surface area contributed by atoms with Crippen molar-refractivity contribution >= 4 is 38.6 Å². The highest BCUT2D eigenvalue weighted by atomic mass is 79.9. The SMILES string of the molecule is CCOc1cc(/C=C(/C#N)c2nc3ccccc3[nH]2)cc(Br)c1O. The highest BCUT2D eigenvalue weighted by Crippen LogP contribution is 2.36. The minimum Gasteiger partial charge on any atom is -0.503 e. The van der Waals surface area contributed by atoms with Crippen LogP contribution in [0.3, 0.4) is 0 Å². The number of imidazole rings is 1. The second kappa shape index (κ2) is 6.77. The molecule has 24 heavy (non-hydrogen) atoms. The zero-order chi connectivity index (χ0) is 17.1. The summed E-state index contributed by atoms with van der Waals surface area (Å²) < 4.78 is 5.91. The molecular formula is C18H14BrN3O2. The highest BCUT2D eigenvalue weighted by Gasteiger charge is 2.11. The molecule has 0 unspecified atom stereocenters. The Hall–Kier alpha value is -2.78. The van der Waals surface area contributed by atoms with E-state index >= 15 is 0 Å². The molecule has 0 saturated heterocycles. The Morgan fingerprint density at radius 1 is 1.42 bits per heavy atom. The maximum atomic E-state index is 9.98. The van der Waals surface area contributed by atoms with E-state index in [1.165, 1.54) is 0 Å². The molecule has 120 valence electrons. The van der Waals surface area contributed by atoms with Gasteiger partial charge >= 0.3 is 0 Å². The second-order valence-electron chi connectivity index (χ2n) is 5.05. The maximum absolute atomic E-state index is 9.98. The molecule has 0 fully saturated rings. The minimum absolute atomic E-state index is 0.0382. The number of hydrogen-bond donors (Lipinski definition) is 2. The van der Waals surface area contributed by atoms with Crippen LogP contribution in [0.25, 0.3) is 22.7 Å². The van der Waals surface area contributed by atoms with Gasteiger partial charge in [-0.3, -0.25) is 0 Å². The van der Waals surface area contributed by atoms with Crippen molar-refractivity contribution in [1.29, 1.82) is 5.26 Å². The molecule has 2 aromatic carbocycles. The lowest BCUT2D eigenvalue weighted by atomic mass is 10.1. The Balaban J connectivity index is 2.06. The number of nitrogens with zero attached hydrogens (tertiary/aromatic N) is 2. The van der Waals surface area contributed by atoms with E-state index in [0.717, 1.165) is 16.6 Å². The molecule has 0 amide bonds. The van der Waals surface area contributed by atoms with Crippen LogP contribution < -0.4 is 4.74 Å². The van der Waals surface area contributed by atoms with Gasteiger partial charge in [-0.1, -0.05) is 12.1 Å². The average molecular weight is 384 g/mol. The van der Waals surface area contributed by atoms with Gasteiger partial charge in [-0.2, -0.15) is 5.26 Å². The van der Waals surface area contributed by atoms with Crippen LogP contribution in [0.15, 0.2) is 40.9 Å². The number of hydrogen-bond acceptors (Lipinski definition) is 4. The van der Waals surface area contributed by atoms with Crippen LogP contribution in [0.5, 0.6) is 11.5 Å². The monoisotopic (exact) mass is 383 g/mol. The fourth-order valence-corrected chi connectivity index (χ4v) is 2.80. The van der Waals surface area contributed by atoms with E-state index in [1.807, 2.05) is 31.2 Å². The predicted octanol–water partition coefficient (Wildman–Crippen LogP) is 4.49. The fourth-order valence-electron chi connectivity index (χ4n) is 2.34. The average Bonchev–Trinajstić information content (AvgIpc) is 3.01. The van der Waals surface area contributed by atoms with Crippen molar-refractivity contribution < 1.29 is 9.84 Å². The molecule has 0 aliphatic heterocycles. The number of allylic oxidation sites excluding steroid dienone is 1. The molecule has 5 nitrogen and oxygen atoms in total. The molecular weight excluding hydrogens is 370 g/mol. The number of H-pyrrole nitrogens is 1. The zero-order valence-corrected chi connectivity index (χ0v) is 14.5. The number of aromatic amines is 1. The van der Waals surface area contributed by atoms with Crippen molar-refractivity contribution in [2.75, 3.05) is 6.61 Å². The largest absolute Gasteiger partial charge is 0.503 e. The van der Waals surface area contributed by atoms with Gasteiger partial charge in [0.1, 0.15) is 11.9 Å². The first-order chi connectivity index (χ1) is 11.6. The van der Waals surface area contributed by atoms with E-state index in [1.54, 1.807) is 18.2 Å². The number of fused-ring (bicyclic) bond motifs is 1. The lowest BCUT2D eigenvalue weighted by Crippen LogP contribution is -1.93. The molecule has 3 rings (SSSR count). The Bertz CT molecular complexity index is 937. The van der Waals surface area contributed by atoms with Crippen molar-refractivity contribution in [2.45, 2.75) is 6.92 Å². The Morgan fingerprint density at radius 2 is 2.21 bits per heavy atom. The summed E-state index contributed by atoms with van der Waals surface area (Å²) >= 11 is 3.30. The molecule has 0 atom stereocenters. The number of aromatic nitrogens is 2. The molecule has 3 aromatic rings. The third kappa shape index (κ3) is 3.12.